The van der Waals surface area contributed by atoms with Crippen LogP contribution in [0.15, 0.2) is 54.1 Å². The van der Waals surface area contributed by atoms with Crippen LogP contribution in [0.5, 0.6) is 0 Å². The van der Waals surface area contributed by atoms with Gasteiger partial charge in [-0.3, -0.25) is 0 Å². The molecule has 0 radical (unpaired) electrons. The van der Waals surface area contributed by atoms with Crippen LogP contribution in [0, 0.1) is 17.3 Å². The van der Waals surface area contributed by atoms with Crippen molar-refractivity contribution >= 4 is 5.69 Å². The summed E-state index contributed by atoms with van der Waals surface area (Å²) in [4.78, 5) is 2.57. The maximum absolute atomic E-state index is 3.78. The second-order valence-corrected chi connectivity index (χ2v) is 8.35. The predicted molar refractivity (Wildman–Crippen MR) is 107 cm³/mol. The Labute approximate surface area is 153 Å². The number of hydrogen-bond acceptors (Lipinski definition) is 2. The summed E-state index contributed by atoms with van der Waals surface area (Å²) in [6.07, 6.45) is 13.5. The lowest BCUT2D eigenvalue weighted by Gasteiger charge is -2.34. The van der Waals surface area contributed by atoms with Crippen molar-refractivity contribution in [1.29, 1.82) is 0 Å². The highest BCUT2D eigenvalue weighted by atomic mass is 15.1. The van der Waals surface area contributed by atoms with E-state index < -0.39 is 0 Å². The normalized spacial score (nSPS) is 25.7. The summed E-state index contributed by atoms with van der Waals surface area (Å²) in [6, 6.07) is 10.9. The predicted octanol–water partition coefficient (Wildman–Crippen LogP) is 4.80. The fraction of sp³-hybridized carbons (Fsp3) is 0.565. The minimum atomic E-state index is 0.661. The van der Waals surface area contributed by atoms with Crippen LogP contribution in [-0.4, -0.2) is 26.2 Å². The number of piperidine rings is 1. The van der Waals surface area contributed by atoms with E-state index in [1.807, 2.05) is 0 Å². The van der Waals surface area contributed by atoms with Crippen LogP contribution >= 0.6 is 0 Å². The van der Waals surface area contributed by atoms with Crippen LogP contribution < -0.4 is 10.2 Å². The summed E-state index contributed by atoms with van der Waals surface area (Å²) in [7, 11) is 0. The molecule has 1 aliphatic heterocycles. The van der Waals surface area contributed by atoms with Crippen LogP contribution in [0.1, 0.15) is 39.0 Å². The molecule has 2 nitrogen and oxygen atoms in total. The molecule has 2 fully saturated rings. The van der Waals surface area contributed by atoms with E-state index >= 15 is 0 Å². The molecule has 0 bridgehead atoms. The number of nitrogens with one attached hydrogen (secondary N) is 1. The lowest BCUT2D eigenvalue weighted by molar-refractivity contribution is 0.342. The maximum atomic E-state index is 3.78. The third-order valence-electron chi connectivity index (χ3n) is 6.76. The highest BCUT2D eigenvalue weighted by molar-refractivity contribution is 5.46. The first-order valence-electron chi connectivity index (χ1n) is 10.1. The topological polar surface area (TPSA) is 15.3 Å². The third kappa shape index (κ3) is 3.84. The monoisotopic (exact) mass is 336 g/mol. The number of para-hydroxylation sites is 1. The van der Waals surface area contributed by atoms with Gasteiger partial charge in [-0.25, -0.2) is 0 Å². The van der Waals surface area contributed by atoms with E-state index in [-0.39, 0.29) is 0 Å². The summed E-state index contributed by atoms with van der Waals surface area (Å²) in [5.41, 5.74) is 3.68. The Balaban J connectivity index is 1.20. The molecule has 0 amide bonds. The first kappa shape index (κ1) is 16.9. The molecule has 3 aliphatic rings. The number of anilines is 1. The van der Waals surface area contributed by atoms with Crippen LogP contribution in [-0.2, 0) is 0 Å². The Morgan fingerprint density at radius 3 is 2.72 bits per heavy atom. The highest BCUT2D eigenvalue weighted by Crippen LogP contribution is 2.59. The van der Waals surface area contributed by atoms with Crippen molar-refractivity contribution in [1.82, 2.24) is 5.32 Å². The van der Waals surface area contributed by atoms with Crippen LogP contribution in [0.4, 0.5) is 5.69 Å². The maximum Gasteiger partial charge on any atom is 0.0366 e. The molecule has 1 saturated heterocycles. The third-order valence-corrected chi connectivity index (χ3v) is 6.76. The van der Waals surface area contributed by atoms with Gasteiger partial charge < -0.3 is 10.2 Å². The summed E-state index contributed by atoms with van der Waals surface area (Å²) in [5, 5.41) is 3.78. The highest BCUT2D eigenvalue weighted by Gasteiger charge is 2.54. The molecule has 1 spiro atoms. The van der Waals surface area contributed by atoms with Crippen molar-refractivity contribution in [3.05, 3.63) is 54.1 Å². The molecule has 2 unspecified atom stereocenters. The molecule has 2 atom stereocenters. The van der Waals surface area contributed by atoms with Gasteiger partial charge in [-0.15, -0.1) is 0 Å². The lowest BCUT2D eigenvalue weighted by atomic mass is 9.90. The molecule has 2 aliphatic carbocycles. The fourth-order valence-corrected chi connectivity index (χ4v) is 4.82. The minimum Gasteiger partial charge on any atom is -0.371 e. The standard InChI is InChI=1S/C23H32N2/c1-19(20-8-4-2-5-9-20)17-24-18-21-16-23(21)12-14-25(15-13-23)22-10-6-3-7-11-22/h2-4,6-8,10-11,19,21,24H,5,9,12-18H2,1H3. The van der Waals surface area contributed by atoms with E-state index in [9.17, 15) is 0 Å². The minimum absolute atomic E-state index is 0.661. The Kier molecular flexibility index (Phi) is 4.98. The summed E-state index contributed by atoms with van der Waals surface area (Å²) in [5.74, 6) is 1.59. The molecule has 1 aromatic carbocycles. The van der Waals surface area contributed by atoms with E-state index in [2.05, 4.69) is 65.7 Å². The number of rotatable bonds is 6. The molecule has 4 rings (SSSR count). The number of allylic oxidation sites excluding steroid dienone is 3. The summed E-state index contributed by atoms with van der Waals surface area (Å²) >= 11 is 0. The average Bonchev–Trinajstić information content (AvgIpc) is 3.35. The lowest BCUT2D eigenvalue weighted by Crippen LogP contribution is -2.36. The largest absolute Gasteiger partial charge is 0.371 e. The smallest absolute Gasteiger partial charge is 0.0366 e. The van der Waals surface area contributed by atoms with Gasteiger partial charge in [0.15, 0.2) is 0 Å². The van der Waals surface area contributed by atoms with Gasteiger partial charge in [-0.1, -0.05) is 48.9 Å². The van der Waals surface area contributed by atoms with Gasteiger partial charge in [0.25, 0.3) is 0 Å². The summed E-state index contributed by atoms with van der Waals surface area (Å²) in [6.45, 7) is 7.20. The zero-order chi connectivity index (χ0) is 17.1. The average molecular weight is 337 g/mol. The van der Waals surface area contributed by atoms with Crippen molar-refractivity contribution in [2.75, 3.05) is 31.1 Å². The van der Waals surface area contributed by atoms with Gasteiger partial charge in [0.2, 0.25) is 0 Å². The molecular weight excluding hydrogens is 304 g/mol. The van der Waals surface area contributed by atoms with Gasteiger partial charge in [-0.2, -0.15) is 0 Å². The van der Waals surface area contributed by atoms with Crippen LogP contribution in [0.25, 0.3) is 0 Å². The molecule has 134 valence electrons. The zero-order valence-electron chi connectivity index (χ0n) is 15.6. The number of hydrogen-bond donors (Lipinski definition) is 1. The SMILES string of the molecule is CC(CNCC1CC12CCN(c1ccccc1)CC2)C1=CC=CCC1. The fourth-order valence-electron chi connectivity index (χ4n) is 4.82. The zero-order valence-corrected chi connectivity index (χ0v) is 15.6. The second kappa shape index (κ2) is 7.37. The van der Waals surface area contributed by atoms with Crippen molar-refractivity contribution in [2.45, 2.75) is 39.0 Å². The van der Waals surface area contributed by atoms with E-state index in [1.165, 1.54) is 57.4 Å². The Morgan fingerprint density at radius 2 is 2.00 bits per heavy atom. The van der Waals surface area contributed by atoms with Crippen molar-refractivity contribution in [3.8, 4) is 0 Å². The molecule has 2 heteroatoms. The van der Waals surface area contributed by atoms with Crippen molar-refractivity contribution in [3.63, 3.8) is 0 Å². The first-order valence-corrected chi connectivity index (χ1v) is 10.1. The molecule has 25 heavy (non-hydrogen) atoms. The van der Waals surface area contributed by atoms with Gasteiger partial charge >= 0.3 is 0 Å². The van der Waals surface area contributed by atoms with E-state index in [0.29, 0.717) is 11.3 Å². The molecule has 1 heterocycles. The van der Waals surface area contributed by atoms with E-state index in [0.717, 1.165) is 12.5 Å². The Morgan fingerprint density at radius 1 is 1.20 bits per heavy atom. The van der Waals surface area contributed by atoms with Crippen LogP contribution in [0.2, 0.25) is 0 Å². The Bertz CT molecular complexity index is 623. The molecule has 0 aromatic heterocycles. The Hall–Kier alpha value is -1.54. The number of nitrogens with zero attached hydrogens (tertiary/aromatic N) is 1. The molecular formula is C23H32N2. The van der Waals surface area contributed by atoms with Crippen molar-refractivity contribution in [2.24, 2.45) is 17.3 Å². The van der Waals surface area contributed by atoms with E-state index in [4.69, 9.17) is 0 Å². The van der Waals surface area contributed by atoms with Crippen LogP contribution in [0.3, 0.4) is 0 Å². The first-order chi connectivity index (χ1) is 12.3. The molecule has 1 saturated carbocycles. The summed E-state index contributed by atoms with van der Waals surface area (Å²) < 4.78 is 0. The molecule has 1 aromatic rings. The van der Waals surface area contributed by atoms with Gasteiger partial charge in [-0.05, 0) is 68.0 Å². The van der Waals surface area contributed by atoms with E-state index in [1.54, 1.807) is 5.57 Å². The van der Waals surface area contributed by atoms with Gasteiger partial charge in [0, 0.05) is 25.3 Å². The second-order valence-electron chi connectivity index (χ2n) is 8.35. The molecule has 1 N–H and O–H groups in total. The number of benzene rings is 1. The quantitative estimate of drug-likeness (QED) is 0.803. The van der Waals surface area contributed by atoms with Gasteiger partial charge in [0.1, 0.15) is 0 Å². The van der Waals surface area contributed by atoms with Gasteiger partial charge in [0.05, 0.1) is 0 Å². The van der Waals surface area contributed by atoms with Crippen molar-refractivity contribution < 1.29 is 0 Å².